The molecule has 1 amide bonds. The Kier molecular flexibility index (Phi) is 5.61. The summed E-state index contributed by atoms with van der Waals surface area (Å²) in [6, 6.07) is 0.279. The molecule has 15 heavy (non-hydrogen) atoms. The highest BCUT2D eigenvalue weighted by atomic mass is 79.9. The SMILES string of the molecule is CC1OCCC1N(C)C(=O)CCCCBr. The van der Waals surface area contributed by atoms with Gasteiger partial charge >= 0.3 is 0 Å². The topological polar surface area (TPSA) is 29.5 Å². The lowest BCUT2D eigenvalue weighted by Crippen LogP contribution is -2.40. The van der Waals surface area contributed by atoms with Crippen molar-refractivity contribution < 1.29 is 9.53 Å². The molecule has 1 fully saturated rings. The summed E-state index contributed by atoms with van der Waals surface area (Å²) in [7, 11) is 1.90. The van der Waals surface area contributed by atoms with Crippen LogP contribution >= 0.6 is 15.9 Å². The summed E-state index contributed by atoms with van der Waals surface area (Å²) in [5.41, 5.74) is 0. The highest BCUT2D eigenvalue weighted by molar-refractivity contribution is 9.09. The molecule has 0 spiro atoms. The highest BCUT2D eigenvalue weighted by Crippen LogP contribution is 2.19. The molecule has 2 atom stereocenters. The predicted octanol–water partition coefficient (Wildman–Crippen LogP) is 2.19. The molecule has 1 heterocycles. The predicted molar refractivity (Wildman–Crippen MR) is 64.2 cm³/mol. The number of ether oxygens (including phenoxy) is 1. The Bertz CT molecular complexity index is 211. The van der Waals surface area contributed by atoms with Gasteiger partial charge in [0.05, 0.1) is 12.1 Å². The molecule has 0 aromatic rings. The Morgan fingerprint density at radius 3 is 2.80 bits per heavy atom. The van der Waals surface area contributed by atoms with E-state index < -0.39 is 0 Å². The van der Waals surface area contributed by atoms with Gasteiger partial charge in [-0.2, -0.15) is 0 Å². The van der Waals surface area contributed by atoms with Crippen LogP contribution < -0.4 is 0 Å². The maximum absolute atomic E-state index is 11.8. The first-order valence-electron chi connectivity index (χ1n) is 5.60. The molecule has 88 valence electrons. The Morgan fingerprint density at radius 1 is 1.53 bits per heavy atom. The number of hydrogen-bond donors (Lipinski definition) is 0. The first kappa shape index (κ1) is 13.0. The van der Waals surface area contributed by atoms with Crippen LogP contribution in [0, 0.1) is 0 Å². The molecule has 1 saturated heterocycles. The molecular formula is C11H20BrNO2. The molecule has 3 nitrogen and oxygen atoms in total. The van der Waals surface area contributed by atoms with Crippen LogP contribution in [0.2, 0.25) is 0 Å². The molecule has 2 unspecified atom stereocenters. The first-order valence-corrected chi connectivity index (χ1v) is 6.72. The summed E-state index contributed by atoms with van der Waals surface area (Å²) in [6.45, 7) is 2.82. The van der Waals surface area contributed by atoms with Crippen molar-refractivity contribution in [3.05, 3.63) is 0 Å². The second-order valence-corrected chi connectivity index (χ2v) is 4.88. The Balaban J connectivity index is 2.31. The molecule has 0 saturated carbocycles. The summed E-state index contributed by atoms with van der Waals surface area (Å²) in [5.74, 6) is 0.248. The van der Waals surface area contributed by atoms with Crippen LogP contribution in [0.25, 0.3) is 0 Å². The molecule has 1 rings (SSSR count). The quantitative estimate of drug-likeness (QED) is 0.570. The maximum atomic E-state index is 11.8. The summed E-state index contributed by atoms with van der Waals surface area (Å²) in [6.07, 6.45) is 3.86. The van der Waals surface area contributed by atoms with Crippen LogP contribution in [0.15, 0.2) is 0 Å². The van der Waals surface area contributed by atoms with Crippen molar-refractivity contribution in [2.24, 2.45) is 0 Å². The average molecular weight is 278 g/mol. The van der Waals surface area contributed by atoms with Gasteiger partial charge in [-0.3, -0.25) is 4.79 Å². The fourth-order valence-electron chi connectivity index (χ4n) is 1.96. The molecule has 4 heteroatoms. The minimum atomic E-state index is 0.190. The van der Waals surface area contributed by atoms with Gasteiger partial charge in [0.25, 0.3) is 0 Å². The Labute approximate surface area is 100 Å². The molecule has 0 bridgehead atoms. The molecule has 0 aromatic heterocycles. The number of likely N-dealkylation sites (N-methyl/N-ethyl adjacent to an activating group) is 1. The van der Waals surface area contributed by atoms with Gasteiger partial charge in [-0.05, 0) is 26.2 Å². The van der Waals surface area contributed by atoms with E-state index in [-0.39, 0.29) is 18.1 Å². The summed E-state index contributed by atoms with van der Waals surface area (Å²) < 4.78 is 5.46. The molecule has 1 aliphatic rings. The number of nitrogens with zero attached hydrogens (tertiary/aromatic N) is 1. The number of carbonyl (C=O) groups excluding carboxylic acids is 1. The summed E-state index contributed by atoms with van der Waals surface area (Å²) in [4.78, 5) is 13.7. The normalized spacial score (nSPS) is 25.5. The van der Waals surface area contributed by atoms with Crippen molar-refractivity contribution in [2.45, 2.75) is 44.8 Å². The third kappa shape index (κ3) is 3.76. The van der Waals surface area contributed by atoms with Gasteiger partial charge in [-0.25, -0.2) is 0 Å². The second kappa shape index (κ2) is 6.48. The van der Waals surface area contributed by atoms with Crippen molar-refractivity contribution >= 4 is 21.8 Å². The highest BCUT2D eigenvalue weighted by Gasteiger charge is 2.29. The van der Waals surface area contributed by atoms with Crippen molar-refractivity contribution in [1.29, 1.82) is 0 Å². The smallest absolute Gasteiger partial charge is 0.222 e. The van der Waals surface area contributed by atoms with Crippen molar-refractivity contribution in [2.75, 3.05) is 19.0 Å². The number of rotatable bonds is 5. The maximum Gasteiger partial charge on any atom is 0.222 e. The zero-order valence-corrected chi connectivity index (χ0v) is 11.1. The third-order valence-corrected chi connectivity index (χ3v) is 3.56. The van der Waals surface area contributed by atoms with Gasteiger partial charge in [0.15, 0.2) is 0 Å². The molecule has 1 aliphatic heterocycles. The Hall–Kier alpha value is -0.0900. The van der Waals surface area contributed by atoms with Gasteiger partial charge < -0.3 is 9.64 Å². The zero-order chi connectivity index (χ0) is 11.3. The summed E-state index contributed by atoms with van der Waals surface area (Å²) >= 11 is 3.37. The first-order chi connectivity index (χ1) is 7.16. The largest absolute Gasteiger partial charge is 0.376 e. The standard InChI is InChI=1S/C11H20BrNO2/c1-9-10(6-8-15-9)13(2)11(14)5-3-4-7-12/h9-10H,3-8H2,1-2H3. The van der Waals surface area contributed by atoms with Crippen molar-refractivity contribution in [1.82, 2.24) is 4.90 Å². The van der Waals surface area contributed by atoms with Gasteiger partial charge in [0.1, 0.15) is 0 Å². The van der Waals surface area contributed by atoms with Crippen LogP contribution in [-0.2, 0) is 9.53 Å². The van der Waals surface area contributed by atoms with Crippen LogP contribution in [0.1, 0.15) is 32.6 Å². The molecule has 0 N–H and O–H groups in total. The fourth-order valence-corrected chi connectivity index (χ4v) is 2.36. The lowest BCUT2D eigenvalue weighted by molar-refractivity contribution is -0.133. The van der Waals surface area contributed by atoms with Crippen LogP contribution in [-0.4, -0.2) is 41.9 Å². The van der Waals surface area contributed by atoms with Crippen LogP contribution in [0.3, 0.4) is 0 Å². The van der Waals surface area contributed by atoms with E-state index in [1.54, 1.807) is 0 Å². The second-order valence-electron chi connectivity index (χ2n) is 4.08. The minimum Gasteiger partial charge on any atom is -0.376 e. The van der Waals surface area contributed by atoms with Gasteiger partial charge in [-0.1, -0.05) is 15.9 Å². The monoisotopic (exact) mass is 277 g/mol. The third-order valence-electron chi connectivity index (χ3n) is 3.00. The van der Waals surface area contributed by atoms with E-state index in [2.05, 4.69) is 15.9 Å². The number of amides is 1. The van der Waals surface area contributed by atoms with Crippen LogP contribution in [0.4, 0.5) is 0 Å². The summed E-state index contributed by atoms with van der Waals surface area (Å²) in [5, 5.41) is 0.979. The van der Waals surface area contributed by atoms with E-state index in [1.807, 2.05) is 18.9 Å². The van der Waals surface area contributed by atoms with Gasteiger partial charge in [0.2, 0.25) is 5.91 Å². The van der Waals surface area contributed by atoms with E-state index in [1.165, 1.54) is 0 Å². The minimum absolute atomic E-state index is 0.190. The number of halogens is 1. The average Bonchev–Trinajstić information content (AvgIpc) is 2.63. The number of hydrogen-bond acceptors (Lipinski definition) is 2. The van der Waals surface area contributed by atoms with Crippen LogP contribution in [0.5, 0.6) is 0 Å². The van der Waals surface area contributed by atoms with Crippen molar-refractivity contribution in [3.8, 4) is 0 Å². The number of alkyl halides is 1. The molecular weight excluding hydrogens is 258 g/mol. The van der Waals surface area contributed by atoms with E-state index in [4.69, 9.17) is 4.74 Å². The number of carbonyl (C=O) groups is 1. The number of unbranched alkanes of at least 4 members (excludes halogenated alkanes) is 1. The van der Waals surface area contributed by atoms with Gasteiger partial charge in [-0.15, -0.1) is 0 Å². The zero-order valence-electron chi connectivity index (χ0n) is 9.54. The van der Waals surface area contributed by atoms with Gasteiger partial charge in [0, 0.05) is 25.4 Å². The van der Waals surface area contributed by atoms with E-state index >= 15 is 0 Å². The lowest BCUT2D eigenvalue weighted by atomic mass is 10.1. The van der Waals surface area contributed by atoms with E-state index in [0.717, 1.165) is 31.2 Å². The molecule has 0 radical (unpaired) electrons. The van der Waals surface area contributed by atoms with Crippen molar-refractivity contribution in [3.63, 3.8) is 0 Å². The molecule has 0 aliphatic carbocycles. The lowest BCUT2D eigenvalue weighted by Gasteiger charge is -2.26. The Morgan fingerprint density at radius 2 is 2.27 bits per heavy atom. The fraction of sp³-hybridized carbons (Fsp3) is 0.909. The van der Waals surface area contributed by atoms with E-state index in [9.17, 15) is 4.79 Å². The van der Waals surface area contributed by atoms with E-state index in [0.29, 0.717) is 6.42 Å². The molecule has 0 aromatic carbocycles.